The van der Waals surface area contributed by atoms with Gasteiger partial charge in [-0.3, -0.25) is 10.1 Å². The van der Waals surface area contributed by atoms with Crippen LogP contribution >= 0.6 is 0 Å². The number of aromatic nitrogens is 1. The van der Waals surface area contributed by atoms with Crippen LogP contribution in [0.2, 0.25) is 0 Å². The molecule has 1 atom stereocenters. The highest BCUT2D eigenvalue weighted by molar-refractivity contribution is 5.45. The zero-order valence-electron chi connectivity index (χ0n) is 12.0. The zero-order valence-corrected chi connectivity index (χ0v) is 12.0. The van der Waals surface area contributed by atoms with Crippen molar-refractivity contribution in [3.05, 3.63) is 63.0 Å². The van der Waals surface area contributed by atoms with E-state index in [0.29, 0.717) is 12.1 Å². The van der Waals surface area contributed by atoms with Crippen molar-refractivity contribution in [3.63, 3.8) is 0 Å². The van der Waals surface area contributed by atoms with E-state index in [1.54, 1.807) is 13.0 Å². The molecule has 5 heteroatoms. The average Bonchev–Trinajstić information content (AvgIpc) is 2.85. The Bertz CT molecular complexity index is 691. The molecule has 110 valence electrons. The maximum Gasteiger partial charge on any atom is 0.272 e. The molecule has 1 aliphatic carbocycles. The van der Waals surface area contributed by atoms with Gasteiger partial charge in [-0.25, -0.2) is 0 Å². The predicted molar refractivity (Wildman–Crippen MR) is 79.3 cm³/mol. The summed E-state index contributed by atoms with van der Waals surface area (Å²) in [7, 11) is 0. The molecule has 3 rings (SSSR count). The second-order valence-corrected chi connectivity index (χ2v) is 5.57. The fourth-order valence-electron chi connectivity index (χ4n) is 3.10. The van der Waals surface area contributed by atoms with Gasteiger partial charge in [0.15, 0.2) is 0 Å². The highest BCUT2D eigenvalue weighted by atomic mass is 16.6. The molecule has 0 amide bonds. The monoisotopic (exact) mass is 286 g/mol. The van der Waals surface area contributed by atoms with Crippen molar-refractivity contribution in [1.29, 1.82) is 0 Å². The van der Waals surface area contributed by atoms with E-state index < -0.39 is 0 Å². The molecule has 1 aliphatic rings. The van der Waals surface area contributed by atoms with Gasteiger partial charge in [0, 0.05) is 35.6 Å². The molecule has 2 aromatic rings. The quantitative estimate of drug-likeness (QED) is 0.696. The Kier molecular flexibility index (Phi) is 3.51. The van der Waals surface area contributed by atoms with Crippen molar-refractivity contribution < 1.29 is 10.0 Å². The van der Waals surface area contributed by atoms with E-state index in [0.717, 1.165) is 36.1 Å². The van der Waals surface area contributed by atoms with E-state index in [1.165, 1.54) is 6.07 Å². The van der Waals surface area contributed by atoms with Gasteiger partial charge in [0.05, 0.1) is 11.0 Å². The van der Waals surface area contributed by atoms with Crippen LogP contribution in [0.15, 0.2) is 30.5 Å². The number of nitro benzene ring substituents is 1. The minimum absolute atomic E-state index is 0.161. The lowest BCUT2D eigenvalue weighted by Gasteiger charge is -2.20. The fourth-order valence-corrected chi connectivity index (χ4v) is 3.10. The smallest absolute Gasteiger partial charge is 0.272 e. The lowest BCUT2D eigenvalue weighted by Crippen LogP contribution is -2.13. The van der Waals surface area contributed by atoms with Gasteiger partial charge in [-0.15, -0.1) is 0 Å². The minimum Gasteiger partial charge on any atom is -0.388 e. The first-order chi connectivity index (χ1) is 10.1. The third kappa shape index (κ3) is 2.45. The van der Waals surface area contributed by atoms with E-state index >= 15 is 0 Å². The predicted octanol–water partition coefficient (Wildman–Crippen LogP) is 3.12. The molecule has 0 fully saturated rings. The van der Waals surface area contributed by atoms with Gasteiger partial charge in [0.25, 0.3) is 5.69 Å². The highest BCUT2D eigenvalue weighted by Crippen LogP contribution is 2.31. The van der Waals surface area contributed by atoms with Crippen LogP contribution in [0.25, 0.3) is 0 Å². The summed E-state index contributed by atoms with van der Waals surface area (Å²) in [6.07, 6.45) is 4.34. The van der Waals surface area contributed by atoms with Crippen molar-refractivity contribution in [1.82, 2.24) is 4.57 Å². The molecule has 0 radical (unpaired) electrons. The lowest BCUT2D eigenvalue weighted by molar-refractivity contribution is -0.385. The second kappa shape index (κ2) is 5.33. The van der Waals surface area contributed by atoms with E-state index in [1.807, 2.05) is 18.3 Å². The molecule has 5 nitrogen and oxygen atoms in total. The Balaban J connectivity index is 1.95. The first kappa shape index (κ1) is 13.8. The number of aliphatic hydroxyl groups is 1. The number of aliphatic hydroxyl groups excluding tert-OH is 1. The summed E-state index contributed by atoms with van der Waals surface area (Å²) in [5, 5.41) is 21.0. The summed E-state index contributed by atoms with van der Waals surface area (Å²) in [5.74, 6) is 0. The molecule has 1 aromatic heterocycles. The van der Waals surface area contributed by atoms with Crippen LogP contribution in [0.3, 0.4) is 0 Å². The van der Waals surface area contributed by atoms with Crippen LogP contribution in [-0.4, -0.2) is 14.6 Å². The molecular formula is C16H18N2O3. The van der Waals surface area contributed by atoms with Crippen molar-refractivity contribution >= 4 is 5.69 Å². The van der Waals surface area contributed by atoms with Crippen molar-refractivity contribution in [2.24, 2.45) is 0 Å². The van der Waals surface area contributed by atoms with Gasteiger partial charge < -0.3 is 9.67 Å². The second-order valence-electron chi connectivity index (χ2n) is 5.57. The summed E-state index contributed by atoms with van der Waals surface area (Å²) in [5.41, 5.74) is 3.97. The van der Waals surface area contributed by atoms with E-state index in [2.05, 4.69) is 4.57 Å². The zero-order chi connectivity index (χ0) is 15.0. The Morgan fingerprint density at radius 2 is 2.24 bits per heavy atom. The highest BCUT2D eigenvalue weighted by Gasteiger charge is 2.22. The maximum absolute atomic E-state index is 11.0. The van der Waals surface area contributed by atoms with Crippen LogP contribution in [0, 0.1) is 17.0 Å². The molecule has 0 aliphatic heterocycles. The lowest BCUT2D eigenvalue weighted by atomic mass is 9.95. The van der Waals surface area contributed by atoms with E-state index in [9.17, 15) is 15.2 Å². The summed E-state index contributed by atoms with van der Waals surface area (Å²) >= 11 is 0. The number of hydrogen-bond acceptors (Lipinski definition) is 3. The van der Waals surface area contributed by atoms with Gasteiger partial charge in [-0.1, -0.05) is 12.1 Å². The van der Waals surface area contributed by atoms with Gasteiger partial charge in [-0.05, 0) is 37.8 Å². The Morgan fingerprint density at radius 1 is 1.43 bits per heavy atom. The first-order valence-corrected chi connectivity index (χ1v) is 7.17. The number of rotatable bonds is 3. The van der Waals surface area contributed by atoms with E-state index in [-0.39, 0.29) is 16.7 Å². The Hall–Kier alpha value is -2.14. The first-order valence-electron chi connectivity index (χ1n) is 7.17. The van der Waals surface area contributed by atoms with Crippen LogP contribution < -0.4 is 0 Å². The summed E-state index contributed by atoms with van der Waals surface area (Å²) in [4.78, 5) is 10.7. The number of benzene rings is 1. The molecule has 1 heterocycles. The Morgan fingerprint density at radius 3 is 3.00 bits per heavy atom. The molecule has 1 N–H and O–H groups in total. The van der Waals surface area contributed by atoms with Crippen LogP contribution in [0.4, 0.5) is 5.69 Å². The molecule has 21 heavy (non-hydrogen) atoms. The minimum atomic E-state index is -0.374. The Labute approximate surface area is 123 Å². The maximum atomic E-state index is 11.0. The van der Waals surface area contributed by atoms with Crippen LogP contribution in [0.1, 0.15) is 41.3 Å². The standard InChI is InChI=1S/C16H18N2O3/c1-11-12(4-2-5-14(11)18(20)21)10-17-9-8-13-15(17)6-3-7-16(13)19/h2,4-5,8-9,16,19H,3,6-7,10H2,1H3. The van der Waals surface area contributed by atoms with Crippen LogP contribution in [0.5, 0.6) is 0 Å². The summed E-state index contributed by atoms with van der Waals surface area (Å²) < 4.78 is 2.10. The average molecular weight is 286 g/mol. The van der Waals surface area contributed by atoms with Gasteiger partial charge in [0.2, 0.25) is 0 Å². The number of nitrogens with zero attached hydrogens (tertiary/aromatic N) is 2. The van der Waals surface area contributed by atoms with Crippen molar-refractivity contribution in [2.75, 3.05) is 0 Å². The number of fused-ring (bicyclic) bond motifs is 1. The molecule has 0 spiro atoms. The topological polar surface area (TPSA) is 68.3 Å². The van der Waals surface area contributed by atoms with Crippen LogP contribution in [-0.2, 0) is 13.0 Å². The largest absolute Gasteiger partial charge is 0.388 e. The molecule has 1 aromatic carbocycles. The summed E-state index contributed by atoms with van der Waals surface area (Å²) in [6, 6.07) is 7.15. The van der Waals surface area contributed by atoms with Crippen molar-refractivity contribution in [3.8, 4) is 0 Å². The van der Waals surface area contributed by atoms with Gasteiger partial charge in [0.1, 0.15) is 0 Å². The van der Waals surface area contributed by atoms with E-state index in [4.69, 9.17) is 0 Å². The SMILES string of the molecule is Cc1c(Cn2ccc3c2CCCC3O)cccc1[N+](=O)[O-]. The molecule has 0 saturated heterocycles. The molecule has 0 bridgehead atoms. The number of nitro groups is 1. The third-order valence-electron chi connectivity index (χ3n) is 4.32. The molecule has 1 unspecified atom stereocenters. The molecule has 0 saturated carbocycles. The van der Waals surface area contributed by atoms with Gasteiger partial charge >= 0.3 is 0 Å². The number of hydrogen-bond donors (Lipinski definition) is 1. The third-order valence-corrected chi connectivity index (χ3v) is 4.32. The summed E-state index contributed by atoms with van der Waals surface area (Å²) in [6.45, 7) is 2.40. The van der Waals surface area contributed by atoms with Gasteiger partial charge in [-0.2, -0.15) is 0 Å². The molecular weight excluding hydrogens is 268 g/mol. The van der Waals surface area contributed by atoms with Crippen molar-refractivity contribution in [2.45, 2.75) is 38.8 Å². The normalized spacial score (nSPS) is 17.5. The fraction of sp³-hybridized carbons (Fsp3) is 0.375.